The van der Waals surface area contributed by atoms with E-state index in [-0.39, 0.29) is 5.91 Å². The summed E-state index contributed by atoms with van der Waals surface area (Å²) < 4.78 is 36.7. The second-order valence-electron chi connectivity index (χ2n) is 6.06. The molecule has 1 aromatic carbocycles. The zero-order valence-electron chi connectivity index (χ0n) is 14.9. The summed E-state index contributed by atoms with van der Waals surface area (Å²) in [6.07, 6.45) is 4.03. The predicted octanol–water partition coefficient (Wildman–Crippen LogP) is 1.92. The predicted molar refractivity (Wildman–Crippen MR) is 96.8 cm³/mol. The van der Waals surface area contributed by atoms with Gasteiger partial charge in [-0.2, -0.15) is 0 Å². The molecule has 0 saturated heterocycles. The molecule has 8 heteroatoms. The fraction of sp³-hybridized carbons (Fsp3) is 0.588. The molecule has 0 fully saturated rings. The summed E-state index contributed by atoms with van der Waals surface area (Å²) >= 11 is 0. The smallest absolute Gasteiger partial charge is 0.243 e. The van der Waals surface area contributed by atoms with Crippen LogP contribution in [-0.2, 0) is 14.8 Å². The number of benzene rings is 1. The molecule has 0 aromatic heterocycles. The van der Waals surface area contributed by atoms with Crippen LogP contribution in [0.5, 0.6) is 11.5 Å². The molecule has 1 atom stereocenters. The topological polar surface area (TPSA) is 84.9 Å². The fourth-order valence-corrected chi connectivity index (χ4v) is 3.88. The number of carbonyl (C=O) groups is 1. The molecule has 1 N–H and O–H groups in total. The molecule has 1 aromatic rings. The number of anilines is 1. The molecule has 2 rings (SSSR count). The van der Waals surface area contributed by atoms with Crippen molar-refractivity contribution in [3.8, 4) is 11.5 Å². The number of fused-ring (bicyclic) bond motifs is 1. The van der Waals surface area contributed by atoms with E-state index in [9.17, 15) is 13.2 Å². The highest BCUT2D eigenvalue weighted by atomic mass is 32.2. The number of carbonyl (C=O) groups excluding carboxylic acids is 1. The Balaban J connectivity index is 2.20. The van der Waals surface area contributed by atoms with E-state index in [1.807, 2.05) is 0 Å². The SMILES string of the molecule is CCCCCNC(=O)[C@H](C)N(c1ccc2c(c1)OCCO2)S(C)(=O)=O. The lowest BCUT2D eigenvalue weighted by Gasteiger charge is -2.29. The Morgan fingerprint density at radius 3 is 2.56 bits per heavy atom. The van der Waals surface area contributed by atoms with Crippen molar-refractivity contribution in [1.29, 1.82) is 0 Å². The normalized spacial score (nSPS) is 14.7. The van der Waals surface area contributed by atoms with E-state index in [0.717, 1.165) is 29.8 Å². The highest BCUT2D eigenvalue weighted by Crippen LogP contribution is 2.35. The van der Waals surface area contributed by atoms with Crippen molar-refractivity contribution >= 4 is 21.6 Å². The van der Waals surface area contributed by atoms with Gasteiger partial charge in [-0.25, -0.2) is 8.42 Å². The van der Waals surface area contributed by atoms with Crippen molar-refractivity contribution < 1.29 is 22.7 Å². The van der Waals surface area contributed by atoms with Crippen molar-refractivity contribution in [1.82, 2.24) is 5.32 Å². The monoisotopic (exact) mass is 370 g/mol. The average molecular weight is 370 g/mol. The van der Waals surface area contributed by atoms with Crippen molar-refractivity contribution in [3.63, 3.8) is 0 Å². The third-order valence-electron chi connectivity index (χ3n) is 3.95. The second-order valence-corrected chi connectivity index (χ2v) is 7.92. The van der Waals surface area contributed by atoms with E-state index in [2.05, 4.69) is 12.2 Å². The van der Waals surface area contributed by atoms with Crippen molar-refractivity contribution in [2.45, 2.75) is 39.2 Å². The number of sulfonamides is 1. The Morgan fingerprint density at radius 1 is 1.24 bits per heavy atom. The summed E-state index contributed by atoms with van der Waals surface area (Å²) in [6.45, 7) is 5.06. The Morgan fingerprint density at radius 2 is 1.92 bits per heavy atom. The number of unbranched alkanes of at least 4 members (excludes halogenated alkanes) is 2. The summed E-state index contributed by atoms with van der Waals surface area (Å²) in [5.74, 6) is 0.726. The summed E-state index contributed by atoms with van der Waals surface area (Å²) in [5.41, 5.74) is 0.378. The molecule has 25 heavy (non-hydrogen) atoms. The van der Waals surface area contributed by atoms with Gasteiger partial charge in [0.1, 0.15) is 19.3 Å². The molecule has 0 spiro atoms. The van der Waals surface area contributed by atoms with Gasteiger partial charge in [0.25, 0.3) is 0 Å². The van der Waals surface area contributed by atoms with E-state index < -0.39 is 16.1 Å². The van der Waals surface area contributed by atoms with E-state index in [4.69, 9.17) is 9.47 Å². The molecule has 0 saturated carbocycles. The van der Waals surface area contributed by atoms with E-state index >= 15 is 0 Å². The van der Waals surface area contributed by atoms with Gasteiger partial charge in [-0.1, -0.05) is 19.8 Å². The molecule has 0 unspecified atom stereocenters. The van der Waals surface area contributed by atoms with Crippen molar-refractivity contribution in [3.05, 3.63) is 18.2 Å². The second kappa shape index (κ2) is 8.42. The molecule has 0 bridgehead atoms. The third kappa shape index (κ3) is 5.01. The molecule has 1 aliphatic heterocycles. The molecular weight excluding hydrogens is 344 g/mol. The van der Waals surface area contributed by atoms with Gasteiger partial charge in [0.05, 0.1) is 11.9 Å². The first kappa shape index (κ1) is 19.4. The lowest BCUT2D eigenvalue weighted by Crippen LogP contribution is -2.48. The van der Waals surface area contributed by atoms with Gasteiger partial charge in [-0.05, 0) is 25.5 Å². The number of nitrogens with zero attached hydrogens (tertiary/aromatic N) is 1. The van der Waals surface area contributed by atoms with E-state index in [1.54, 1.807) is 25.1 Å². The zero-order chi connectivity index (χ0) is 18.4. The van der Waals surface area contributed by atoms with Crippen LogP contribution in [-0.4, -0.2) is 46.4 Å². The number of amides is 1. The van der Waals surface area contributed by atoms with Gasteiger partial charge in [-0.15, -0.1) is 0 Å². The number of rotatable bonds is 8. The van der Waals surface area contributed by atoms with Crippen LogP contribution in [0.25, 0.3) is 0 Å². The average Bonchev–Trinajstić information content (AvgIpc) is 2.57. The standard InChI is InChI=1S/C17H26N2O5S/c1-4-5-6-9-18-17(20)13(2)19(25(3,21)22)14-7-8-15-16(12-14)24-11-10-23-15/h7-8,12-13H,4-6,9-11H2,1-3H3,(H,18,20)/t13-/m0/s1. The number of nitrogens with one attached hydrogen (secondary N) is 1. The first-order valence-electron chi connectivity index (χ1n) is 8.51. The molecule has 140 valence electrons. The van der Waals surface area contributed by atoms with E-state index in [0.29, 0.717) is 36.9 Å². The minimum Gasteiger partial charge on any atom is -0.486 e. The molecular formula is C17H26N2O5S. The summed E-state index contributed by atoms with van der Waals surface area (Å²) in [5, 5.41) is 2.80. The highest BCUT2D eigenvalue weighted by molar-refractivity contribution is 7.92. The Bertz CT molecular complexity index is 705. The largest absolute Gasteiger partial charge is 0.486 e. The van der Waals surface area contributed by atoms with Crippen LogP contribution < -0.4 is 19.1 Å². The van der Waals surface area contributed by atoms with Gasteiger partial charge in [0.15, 0.2) is 11.5 Å². The lowest BCUT2D eigenvalue weighted by atomic mass is 10.2. The minimum absolute atomic E-state index is 0.323. The molecule has 0 aliphatic carbocycles. The van der Waals surface area contributed by atoms with Crippen LogP contribution >= 0.6 is 0 Å². The Hall–Kier alpha value is -1.96. The minimum atomic E-state index is -3.65. The van der Waals surface area contributed by atoms with Gasteiger partial charge in [-0.3, -0.25) is 9.10 Å². The Labute approximate surface area is 149 Å². The summed E-state index contributed by atoms with van der Waals surface area (Å²) in [6, 6.07) is 4.01. The van der Waals surface area contributed by atoms with E-state index in [1.165, 1.54) is 0 Å². The molecule has 1 heterocycles. The Kier molecular flexibility index (Phi) is 6.52. The molecule has 7 nitrogen and oxygen atoms in total. The first-order chi connectivity index (χ1) is 11.8. The van der Waals surface area contributed by atoms with Crippen LogP contribution in [0, 0.1) is 0 Å². The van der Waals surface area contributed by atoms with Crippen LogP contribution in [0.4, 0.5) is 5.69 Å². The highest BCUT2D eigenvalue weighted by Gasteiger charge is 2.30. The quantitative estimate of drug-likeness (QED) is 0.707. The van der Waals surface area contributed by atoms with Crippen LogP contribution in [0.15, 0.2) is 18.2 Å². The third-order valence-corrected chi connectivity index (χ3v) is 5.19. The molecule has 1 amide bonds. The molecule has 1 aliphatic rings. The maximum atomic E-state index is 12.4. The lowest BCUT2D eigenvalue weighted by molar-refractivity contribution is -0.121. The number of ether oxygens (including phenoxy) is 2. The van der Waals surface area contributed by atoms with Crippen molar-refractivity contribution in [2.75, 3.05) is 30.3 Å². The maximum Gasteiger partial charge on any atom is 0.243 e. The van der Waals surface area contributed by atoms with Gasteiger partial charge in [0, 0.05) is 12.6 Å². The molecule has 0 radical (unpaired) electrons. The summed E-state index contributed by atoms with van der Waals surface area (Å²) in [7, 11) is -3.65. The van der Waals surface area contributed by atoms with Crippen molar-refractivity contribution in [2.24, 2.45) is 0 Å². The number of hydrogen-bond donors (Lipinski definition) is 1. The van der Waals surface area contributed by atoms with Gasteiger partial charge in [0.2, 0.25) is 15.9 Å². The number of hydrogen-bond acceptors (Lipinski definition) is 5. The maximum absolute atomic E-state index is 12.4. The van der Waals surface area contributed by atoms with Gasteiger partial charge < -0.3 is 14.8 Å². The first-order valence-corrected chi connectivity index (χ1v) is 10.4. The van der Waals surface area contributed by atoms with Crippen LogP contribution in [0.3, 0.4) is 0 Å². The van der Waals surface area contributed by atoms with Crippen LogP contribution in [0.1, 0.15) is 33.1 Å². The summed E-state index contributed by atoms with van der Waals surface area (Å²) in [4.78, 5) is 12.4. The fourth-order valence-electron chi connectivity index (χ4n) is 2.71. The zero-order valence-corrected chi connectivity index (χ0v) is 15.8. The van der Waals surface area contributed by atoms with Gasteiger partial charge >= 0.3 is 0 Å². The van der Waals surface area contributed by atoms with Crippen LogP contribution in [0.2, 0.25) is 0 Å².